The molecule has 1 rings (SSSR count). The van der Waals surface area contributed by atoms with E-state index < -0.39 is 0 Å². The molecule has 0 radical (unpaired) electrons. The van der Waals surface area contributed by atoms with Gasteiger partial charge in [-0.15, -0.1) is 5.10 Å². The van der Waals surface area contributed by atoms with Crippen LogP contribution in [-0.2, 0) is 13.0 Å². The lowest BCUT2D eigenvalue weighted by molar-refractivity contribution is 0.295. The van der Waals surface area contributed by atoms with Crippen molar-refractivity contribution in [2.75, 3.05) is 13.2 Å². The van der Waals surface area contributed by atoms with Gasteiger partial charge in [0.1, 0.15) is 5.82 Å². The molecule has 0 fully saturated rings. The van der Waals surface area contributed by atoms with Crippen LogP contribution in [0.15, 0.2) is 0 Å². The van der Waals surface area contributed by atoms with Crippen LogP contribution in [0.2, 0.25) is 0 Å². The van der Waals surface area contributed by atoms with Crippen LogP contribution >= 0.6 is 0 Å². The summed E-state index contributed by atoms with van der Waals surface area (Å²) in [5.41, 5.74) is 5.45. The first-order chi connectivity index (χ1) is 6.33. The van der Waals surface area contributed by atoms with Gasteiger partial charge in [0.15, 0.2) is 0 Å². The molecule has 0 aliphatic heterocycles. The number of nitrogens with two attached hydrogens (primary N) is 1. The van der Waals surface area contributed by atoms with E-state index in [1.165, 1.54) is 0 Å². The maximum Gasteiger partial charge on any atom is 0.316 e. The fourth-order valence-corrected chi connectivity index (χ4v) is 1.19. The predicted octanol–water partition coefficient (Wildman–Crippen LogP) is 0.198. The Hall–Kier alpha value is -1.10. The molecule has 0 unspecified atom stereocenters. The molecule has 0 bridgehead atoms. The Balaban J connectivity index is 2.82. The van der Waals surface area contributed by atoms with Crippen LogP contribution in [0.4, 0.5) is 0 Å². The van der Waals surface area contributed by atoms with E-state index in [0.29, 0.717) is 19.2 Å². The highest BCUT2D eigenvalue weighted by Crippen LogP contribution is 2.09. The number of nitrogens with zero attached hydrogens (tertiary/aromatic N) is 3. The third kappa shape index (κ3) is 2.18. The zero-order valence-corrected chi connectivity index (χ0v) is 8.16. The summed E-state index contributed by atoms with van der Waals surface area (Å²) < 4.78 is 7.24. The molecule has 2 N–H and O–H groups in total. The van der Waals surface area contributed by atoms with Crippen molar-refractivity contribution in [2.45, 2.75) is 26.8 Å². The second-order valence-corrected chi connectivity index (χ2v) is 2.61. The predicted molar refractivity (Wildman–Crippen MR) is 49.6 cm³/mol. The molecule has 0 atom stereocenters. The highest BCUT2D eigenvalue weighted by molar-refractivity contribution is 5.01. The van der Waals surface area contributed by atoms with Gasteiger partial charge < -0.3 is 10.5 Å². The van der Waals surface area contributed by atoms with Crippen molar-refractivity contribution in [1.82, 2.24) is 14.8 Å². The summed E-state index contributed by atoms with van der Waals surface area (Å²) in [6.45, 7) is 5.98. The van der Waals surface area contributed by atoms with E-state index in [1.807, 2.05) is 18.4 Å². The quantitative estimate of drug-likeness (QED) is 0.709. The molecular formula is C8H16N4O. The van der Waals surface area contributed by atoms with Crippen molar-refractivity contribution >= 4 is 0 Å². The molecule has 74 valence electrons. The maximum absolute atomic E-state index is 5.45. The van der Waals surface area contributed by atoms with Gasteiger partial charge in [-0.1, -0.05) is 5.10 Å². The summed E-state index contributed by atoms with van der Waals surface area (Å²) in [7, 11) is 0. The summed E-state index contributed by atoms with van der Waals surface area (Å²) in [6.07, 6.45) is 0.744. The molecule has 1 heterocycles. The van der Waals surface area contributed by atoms with Crippen LogP contribution in [0.25, 0.3) is 0 Å². The summed E-state index contributed by atoms with van der Waals surface area (Å²) >= 11 is 0. The summed E-state index contributed by atoms with van der Waals surface area (Å²) in [4.78, 5) is 0. The summed E-state index contributed by atoms with van der Waals surface area (Å²) in [6, 6.07) is 0.591. The molecule has 13 heavy (non-hydrogen) atoms. The minimum absolute atomic E-state index is 0.588. The zero-order chi connectivity index (χ0) is 9.68. The van der Waals surface area contributed by atoms with Gasteiger partial charge in [0.2, 0.25) is 0 Å². The Kier molecular flexibility index (Phi) is 3.70. The van der Waals surface area contributed by atoms with Crippen molar-refractivity contribution in [3.8, 4) is 6.01 Å². The number of rotatable bonds is 5. The second-order valence-electron chi connectivity index (χ2n) is 2.61. The monoisotopic (exact) mass is 184 g/mol. The molecule has 0 aromatic carbocycles. The topological polar surface area (TPSA) is 66.0 Å². The highest BCUT2D eigenvalue weighted by atomic mass is 16.5. The van der Waals surface area contributed by atoms with Gasteiger partial charge in [-0.2, -0.15) is 0 Å². The van der Waals surface area contributed by atoms with Gasteiger partial charge in [-0.05, 0) is 20.4 Å². The molecule has 5 heteroatoms. The first-order valence-electron chi connectivity index (χ1n) is 4.58. The van der Waals surface area contributed by atoms with Crippen molar-refractivity contribution in [3.63, 3.8) is 0 Å². The average molecular weight is 184 g/mol. The lowest BCUT2D eigenvalue weighted by Gasteiger charge is -2.05. The van der Waals surface area contributed by atoms with E-state index in [4.69, 9.17) is 10.5 Å². The Morgan fingerprint density at radius 1 is 1.38 bits per heavy atom. The number of hydrogen-bond donors (Lipinski definition) is 1. The highest BCUT2D eigenvalue weighted by Gasteiger charge is 2.09. The molecule has 0 saturated heterocycles. The Bertz CT molecular complexity index is 235. The molecule has 1 aromatic rings. The average Bonchev–Trinajstić information content (AvgIpc) is 2.49. The number of aromatic nitrogens is 3. The third-order valence-electron chi connectivity index (χ3n) is 1.75. The minimum atomic E-state index is 0.588. The number of hydrogen-bond acceptors (Lipinski definition) is 4. The SMILES string of the molecule is CCOc1nnc(CCN)n1CC. The normalized spacial score (nSPS) is 10.4. The third-order valence-corrected chi connectivity index (χ3v) is 1.75. The molecule has 0 aliphatic rings. The molecule has 0 saturated carbocycles. The van der Waals surface area contributed by atoms with Crippen LogP contribution in [0.5, 0.6) is 6.01 Å². The summed E-state index contributed by atoms with van der Waals surface area (Å²) in [5, 5.41) is 7.93. The van der Waals surface area contributed by atoms with E-state index in [2.05, 4.69) is 10.2 Å². The smallest absolute Gasteiger partial charge is 0.316 e. The Labute approximate surface area is 77.9 Å². The van der Waals surface area contributed by atoms with E-state index in [-0.39, 0.29) is 0 Å². The van der Waals surface area contributed by atoms with Crippen LogP contribution < -0.4 is 10.5 Å². The fourth-order valence-electron chi connectivity index (χ4n) is 1.19. The van der Waals surface area contributed by atoms with Crippen LogP contribution in [0.3, 0.4) is 0 Å². The largest absolute Gasteiger partial charge is 0.464 e. The van der Waals surface area contributed by atoms with E-state index in [9.17, 15) is 0 Å². The lowest BCUT2D eigenvalue weighted by atomic mass is 10.4. The van der Waals surface area contributed by atoms with Crippen LogP contribution in [-0.4, -0.2) is 27.9 Å². The standard InChI is InChI=1S/C8H16N4O/c1-3-12-7(5-6-9)10-11-8(12)13-4-2/h3-6,9H2,1-2H3. The van der Waals surface area contributed by atoms with Gasteiger partial charge in [0.25, 0.3) is 0 Å². The molecule has 0 aliphatic carbocycles. The first kappa shape index (κ1) is 9.98. The Morgan fingerprint density at radius 3 is 2.69 bits per heavy atom. The molecule has 5 nitrogen and oxygen atoms in total. The maximum atomic E-state index is 5.45. The Morgan fingerprint density at radius 2 is 2.15 bits per heavy atom. The molecule has 0 amide bonds. The lowest BCUT2D eigenvalue weighted by Crippen LogP contribution is -2.10. The first-order valence-corrected chi connectivity index (χ1v) is 4.58. The van der Waals surface area contributed by atoms with Gasteiger partial charge in [-0.25, -0.2) is 0 Å². The van der Waals surface area contributed by atoms with Gasteiger partial charge >= 0.3 is 6.01 Å². The fraction of sp³-hybridized carbons (Fsp3) is 0.750. The van der Waals surface area contributed by atoms with Crippen molar-refractivity contribution in [1.29, 1.82) is 0 Å². The summed E-state index contributed by atoms with van der Waals surface area (Å²) in [5.74, 6) is 0.897. The van der Waals surface area contributed by atoms with Gasteiger partial charge in [-0.3, -0.25) is 4.57 Å². The van der Waals surface area contributed by atoms with E-state index in [1.54, 1.807) is 0 Å². The van der Waals surface area contributed by atoms with E-state index in [0.717, 1.165) is 18.8 Å². The number of ether oxygens (including phenoxy) is 1. The van der Waals surface area contributed by atoms with Gasteiger partial charge in [0, 0.05) is 13.0 Å². The van der Waals surface area contributed by atoms with Gasteiger partial charge in [0.05, 0.1) is 6.61 Å². The molecule has 1 aromatic heterocycles. The molecular weight excluding hydrogens is 168 g/mol. The van der Waals surface area contributed by atoms with Crippen LogP contribution in [0, 0.1) is 0 Å². The second kappa shape index (κ2) is 4.81. The molecule has 0 spiro atoms. The van der Waals surface area contributed by atoms with Crippen LogP contribution in [0.1, 0.15) is 19.7 Å². The van der Waals surface area contributed by atoms with Crippen molar-refractivity contribution in [3.05, 3.63) is 5.82 Å². The zero-order valence-electron chi connectivity index (χ0n) is 8.16. The minimum Gasteiger partial charge on any atom is -0.464 e. The van der Waals surface area contributed by atoms with Crippen molar-refractivity contribution < 1.29 is 4.74 Å². The van der Waals surface area contributed by atoms with Crippen molar-refractivity contribution in [2.24, 2.45) is 5.73 Å². The van der Waals surface area contributed by atoms with E-state index >= 15 is 0 Å².